The predicted molar refractivity (Wildman–Crippen MR) is 105 cm³/mol. The highest BCUT2D eigenvalue weighted by Gasteiger charge is 2.43. The number of aromatic hydroxyl groups is 1. The van der Waals surface area contributed by atoms with E-state index in [0.717, 1.165) is 6.07 Å². The van der Waals surface area contributed by atoms with Gasteiger partial charge in [-0.25, -0.2) is 19.3 Å². The van der Waals surface area contributed by atoms with Crippen LogP contribution in [0.1, 0.15) is 25.8 Å². The molecule has 30 heavy (non-hydrogen) atoms. The highest BCUT2D eigenvalue weighted by Crippen LogP contribution is 2.34. The van der Waals surface area contributed by atoms with Crippen molar-refractivity contribution < 1.29 is 24.5 Å². The zero-order valence-electron chi connectivity index (χ0n) is 16.0. The maximum Gasteiger partial charge on any atom is 0.220 e. The molecule has 2 heterocycles. The third kappa shape index (κ3) is 3.53. The van der Waals surface area contributed by atoms with Crippen LogP contribution in [0.25, 0.3) is 11.2 Å². The number of hydrogen-bond donors (Lipinski definition) is 5. The van der Waals surface area contributed by atoms with Crippen molar-refractivity contribution >= 4 is 28.6 Å². The van der Waals surface area contributed by atoms with Crippen molar-refractivity contribution in [2.45, 2.75) is 44.1 Å². The van der Waals surface area contributed by atoms with E-state index in [1.54, 1.807) is 11.5 Å². The number of aromatic nitrogens is 4. The van der Waals surface area contributed by atoms with Crippen LogP contribution in [0.4, 0.5) is 15.9 Å². The lowest BCUT2D eigenvalue weighted by Crippen LogP contribution is -2.42. The molecule has 0 bridgehead atoms. The van der Waals surface area contributed by atoms with E-state index in [2.05, 4.69) is 25.6 Å². The van der Waals surface area contributed by atoms with E-state index >= 15 is 0 Å². The van der Waals surface area contributed by atoms with Crippen molar-refractivity contribution in [2.75, 3.05) is 5.32 Å². The zero-order valence-corrected chi connectivity index (χ0v) is 16.0. The maximum atomic E-state index is 13.6. The lowest BCUT2D eigenvalue weighted by Gasteiger charge is -2.18. The number of halogens is 1. The van der Waals surface area contributed by atoms with Gasteiger partial charge in [-0.1, -0.05) is 6.92 Å². The third-order valence-electron chi connectivity index (χ3n) is 5.25. The number of rotatable bonds is 5. The topological polar surface area (TPSA) is 145 Å². The highest BCUT2D eigenvalue weighted by atomic mass is 19.1. The van der Waals surface area contributed by atoms with Crippen molar-refractivity contribution in [3.8, 4) is 5.75 Å². The predicted octanol–water partition coefficient (Wildman–Crippen LogP) is 0.976. The molecule has 10 nitrogen and oxygen atoms in total. The van der Waals surface area contributed by atoms with Crippen LogP contribution < -0.4 is 10.6 Å². The molecule has 3 aromatic rings. The summed E-state index contributed by atoms with van der Waals surface area (Å²) in [4.78, 5) is 24.4. The number of aliphatic hydroxyl groups excluding tert-OH is 2. The van der Waals surface area contributed by atoms with Crippen molar-refractivity contribution in [3.05, 3.63) is 36.7 Å². The summed E-state index contributed by atoms with van der Waals surface area (Å²) in [6, 6.07) is 2.69. The second kappa shape index (κ2) is 7.84. The van der Waals surface area contributed by atoms with Gasteiger partial charge in [-0.2, -0.15) is 0 Å². The van der Waals surface area contributed by atoms with E-state index in [9.17, 15) is 24.5 Å². The average molecular weight is 416 g/mol. The Morgan fingerprint density at radius 2 is 2.07 bits per heavy atom. The fraction of sp³-hybridized carbons (Fsp3) is 0.368. The number of amides is 1. The Labute approximate surface area is 170 Å². The Morgan fingerprint density at radius 3 is 2.80 bits per heavy atom. The van der Waals surface area contributed by atoms with Gasteiger partial charge in [0.15, 0.2) is 28.5 Å². The molecule has 1 amide bonds. The molecule has 1 aliphatic carbocycles. The van der Waals surface area contributed by atoms with E-state index in [0.29, 0.717) is 29.1 Å². The maximum absolute atomic E-state index is 13.6. The summed E-state index contributed by atoms with van der Waals surface area (Å²) >= 11 is 0. The normalized spacial score (nSPS) is 23.6. The minimum Gasteiger partial charge on any atom is -0.505 e. The van der Waals surface area contributed by atoms with Gasteiger partial charge in [-0.05, 0) is 18.6 Å². The van der Waals surface area contributed by atoms with Crippen LogP contribution >= 0.6 is 0 Å². The Morgan fingerprint density at radius 1 is 1.27 bits per heavy atom. The van der Waals surface area contributed by atoms with Crippen LogP contribution in [0.15, 0.2) is 30.9 Å². The fourth-order valence-corrected chi connectivity index (χ4v) is 3.64. The number of anilines is 2. The van der Waals surface area contributed by atoms with E-state index in [1.807, 2.05) is 0 Å². The molecule has 1 saturated carbocycles. The van der Waals surface area contributed by atoms with E-state index in [-0.39, 0.29) is 12.3 Å². The standard InChI is InChI=1S/C19H21FN6O4/c1-2-14(28)25-11-6-12(17(30)16(11)29)26-8-23-15-18(21-7-22-19(15)26)24-9-3-4-13(27)10(20)5-9/h3-5,7-8,11-12,16-17,27,29-30H,2,6H2,1H3,(H,25,28)(H,21,22,24)/t11-,12+,16+,17-/m0/s1. The molecule has 0 unspecified atom stereocenters. The summed E-state index contributed by atoms with van der Waals surface area (Å²) in [6.07, 6.45) is 1.11. The van der Waals surface area contributed by atoms with E-state index in [4.69, 9.17) is 0 Å². The number of phenolic OH excluding ortho intramolecular Hbond substituents is 1. The van der Waals surface area contributed by atoms with Crippen LogP contribution in [0.5, 0.6) is 5.75 Å². The molecule has 4 rings (SSSR count). The number of carbonyl (C=O) groups is 1. The van der Waals surface area contributed by atoms with Crippen molar-refractivity contribution in [1.82, 2.24) is 24.8 Å². The molecule has 0 radical (unpaired) electrons. The number of hydrogen-bond acceptors (Lipinski definition) is 8. The number of aliphatic hydroxyl groups is 2. The molecule has 0 saturated heterocycles. The summed E-state index contributed by atoms with van der Waals surface area (Å²) in [7, 11) is 0. The van der Waals surface area contributed by atoms with Gasteiger partial charge < -0.3 is 30.5 Å². The van der Waals surface area contributed by atoms with Crippen LogP contribution in [0, 0.1) is 5.82 Å². The first-order chi connectivity index (χ1) is 14.4. The first kappa shape index (κ1) is 20.0. The van der Waals surface area contributed by atoms with Gasteiger partial charge in [-0.15, -0.1) is 0 Å². The summed E-state index contributed by atoms with van der Waals surface area (Å²) in [5.41, 5.74) is 1.15. The lowest BCUT2D eigenvalue weighted by molar-refractivity contribution is -0.122. The van der Waals surface area contributed by atoms with Crippen LogP contribution in [0.2, 0.25) is 0 Å². The molecular weight excluding hydrogens is 395 g/mol. The minimum atomic E-state index is -1.12. The van der Waals surface area contributed by atoms with Gasteiger partial charge in [-0.3, -0.25) is 4.79 Å². The van der Waals surface area contributed by atoms with Gasteiger partial charge in [0, 0.05) is 18.2 Å². The second-order valence-electron chi connectivity index (χ2n) is 7.15. The minimum absolute atomic E-state index is 0.211. The number of carbonyl (C=O) groups excluding carboxylic acids is 1. The molecule has 4 atom stereocenters. The van der Waals surface area contributed by atoms with Gasteiger partial charge in [0.2, 0.25) is 5.91 Å². The molecule has 1 aromatic carbocycles. The first-order valence-corrected chi connectivity index (χ1v) is 9.47. The highest BCUT2D eigenvalue weighted by molar-refractivity contribution is 5.85. The SMILES string of the molecule is CCC(=O)N[C@H]1C[C@@H](n2cnc3c(Nc4ccc(O)c(F)c4)ncnc32)[C@H](O)[C@@H]1O. The van der Waals surface area contributed by atoms with Gasteiger partial charge in [0.05, 0.1) is 18.4 Å². The molecule has 1 fully saturated rings. The fourth-order valence-electron chi connectivity index (χ4n) is 3.64. The third-order valence-corrected chi connectivity index (χ3v) is 5.25. The van der Waals surface area contributed by atoms with E-state index < -0.39 is 35.9 Å². The summed E-state index contributed by atoms with van der Waals surface area (Å²) in [5.74, 6) is -1.14. The molecule has 158 valence electrons. The monoisotopic (exact) mass is 416 g/mol. The van der Waals surface area contributed by atoms with Crippen LogP contribution in [-0.4, -0.2) is 59.0 Å². The van der Waals surface area contributed by atoms with Gasteiger partial charge >= 0.3 is 0 Å². The number of nitrogens with zero attached hydrogens (tertiary/aromatic N) is 4. The molecule has 0 spiro atoms. The number of imidazole rings is 1. The van der Waals surface area contributed by atoms with Gasteiger partial charge in [0.25, 0.3) is 0 Å². The molecule has 11 heteroatoms. The molecule has 0 aliphatic heterocycles. The Balaban J connectivity index is 1.63. The molecular formula is C19H21FN6O4. The Hall–Kier alpha value is -3.31. The molecule has 1 aliphatic rings. The van der Waals surface area contributed by atoms with Crippen molar-refractivity contribution in [1.29, 1.82) is 0 Å². The van der Waals surface area contributed by atoms with E-state index in [1.165, 1.54) is 24.8 Å². The summed E-state index contributed by atoms with van der Waals surface area (Å²) < 4.78 is 15.2. The Kier molecular flexibility index (Phi) is 5.22. The van der Waals surface area contributed by atoms with Crippen molar-refractivity contribution in [3.63, 3.8) is 0 Å². The summed E-state index contributed by atoms with van der Waals surface area (Å²) in [6.45, 7) is 1.71. The molecule has 5 N–H and O–H groups in total. The number of benzene rings is 1. The largest absolute Gasteiger partial charge is 0.505 e. The summed E-state index contributed by atoms with van der Waals surface area (Å²) in [5, 5.41) is 35.9. The number of fused-ring (bicyclic) bond motifs is 1. The molecule has 2 aromatic heterocycles. The average Bonchev–Trinajstić information content (AvgIpc) is 3.28. The van der Waals surface area contributed by atoms with Crippen LogP contribution in [-0.2, 0) is 4.79 Å². The van der Waals surface area contributed by atoms with Crippen molar-refractivity contribution in [2.24, 2.45) is 0 Å². The number of phenols is 1. The second-order valence-corrected chi connectivity index (χ2v) is 7.15. The smallest absolute Gasteiger partial charge is 0.220 e. The Bertz CT molecular complexity index is 1090. The quantitative estimate of drug-likeness (QED) is 0.387. The zero-order chi connectivity index (χ0) is 21.4. The lowest BCUT2D eigenvalue weighted by atomic mass is 10.2. The van der Waals surface area contributed by atoms with Gasteiger partial charge in [0.1, 0.15) is 18.5 Å². The first-order valence-electron chi connectivity index (χ1n) is 9.47. The number of nitrogens with one attached hydrogen (secondary N) is 2. The van der Waals surface area contributed by atoms with Crippen LogP contribution in [0.3, 0.4) is 0 Å².